The normalized spacial score (nSPS) is 14.5. The molecule has 0 amide bonds. The van der Waals surface area contributed by atoms with Crippen LogP contribution < -0.4 is 4.74 Å². The largest absolute Gasteiger partial charge is 0.486 e. The van der Waals surface area contributed by atoms with E-state index in [1.54, 1.807) is 30.3 Å². The lowest BCUT2D eigenvalue weighted by molar-refractivity contribution is -0.129. The Morgan fingerprint density at radius 3 is 2.52 bits per heavy atom. The number of rotatable bonds is 5. The molecular formula is C23H13Br2ClFNO3. The third-order valence-corrected chi connectivity index (χ3v) is 5.89. The van der Waals surface area contributed by atoms with Crippen LogP contribution in [0.25, 0.3) is 6.08 Å². The standard InChI is InChI=1S/C23H13Br2ClFNO3/c24-17-8-13(9-18(25)21(17)30-12-15-4-1-2-7-19(15)26)10-20-23(29)31-22(28-20)14-5-3-6-16(27)11-14/h1-11H,12H2/b20-10-. The molecule has 0 saturated carbocycles. The summed E-state index contributed by atoms with van der Waals surface area (Å²) in [4.78, 5) is 16.4. The lowest BCUT2D eigenvalue weighted by Gasteiger charge is -2.12. The number of esters is 1. The first kappa shape index (κ1) is 21.7. The Bertz CT molecular complexity index is 1220. The van der Waals surface area contributed by atoms with E-state index in [1.807, 2.05) is 18.2 Å². The van der Waals surface area contributed by atoms with Gasteiger partial charge in [-0.1, -0.05) is 35.9 Å². The molecule has 0 radical (unpaired) electrons. The van der Waals surface area contributed by atoms with E-state index in [1.165, 1.54) is 18.2 Å². The van der Waals surface area contributed by atoms with Crippen molar-refractivity contribution in [1.29, 1.82) is 0 Å². The Morgan fingerprint density at radius 2 is 1.81 bits per heavy atom. The van der Waals surface area contributed by atoms with Crippen LogP contribution in [-0.4, -0.2) is 11.9 Å². The van der Waals surface area contributed by atoms with Crippen molar-refractivity contribution in [3.8, 4) is 5.75 Å². The van der Waals surface area contributed by atoms with Crippen molar-refractivity contribution in [3.63, 3.8) is 0 Å². The van der Waals surface area contributed by atoms with E-state index >= 15 is 0 Å². The zero-order valence-corrected chi connectivity index (χ0v) is 19.7. The van der Waals surface area contributed by atoms with Gasteiger partial charge in [-0.25, -0.2) is 14.2 Å². The highest BCUT2D eigenvalue weighted by Crippen LogP contribution is 2.36. The number of carbonyl (C=O) groups excluding carboxylic acids is 1. The van der Waals surface area contributed by atoms with Gasteiger partial charge < -0.3 is 9.47 Å². The van der Waals surface area contributed by atoms with Crippen molar-refractivity contribution in [1.82, 2.24) is 0 Å². The highest BCUT2D eigenvalue weighted by Gasteiger charge is 2.24. The first-order chi connectivity index (χ1) is 14.9. The topological polar surface area (TPSA) is 47.9 Å². The summed E-state index contributed by atoms with van der Waals surface area (Å²) in [6, 6.07) is 16.7. The maximum Gasteiger partial charge on any atom is 0.363 e. The minimum atomic E-state index is -0.606. The molecule has 0 aliphatic carbocycles. The summed E-state index contributed by atoms with van der Waals surface area (Å²) in [6.45, 7) is 0.297. The van der Waals surface area contributed by atoms with Gasteiger partial charge in [-0.15, -0.1) is 0 Å². The fourth-order valence-electron chi connectivity index (χ4n) is 2.88. The average molecular weight is 566 g/mol. The van der Waals surface area contributed by atoms with Crippen molar-refractivity contribution in [2.75, 3.05) is 0 Å². The summed E-state index contributed by atoms with van der Waals surface area (Å²) in [5.74, 6) is -0.381. The molecule has 1 heterocycles. The van der Waals surface area contributed by atoms with E-state index in [2.05, 4.69) is 36.9 Å². The van der Waals surface area contributed by atoms with E-state index in [0.29, 0.717) is 37.5 Å². The van der Waals surface area contributed by atoms with Gasteiger partial charge in [0.05, 0.1) is 8.95 Å². The molecule has 0 bridgehead atoms. The molecule has 0 aromatic heterocycles. The average Bonchev–Trinajstić information content (AvgIpc) is 3.09. The Kier molecular flexibility index (Phi) is 6.55. The number of ether oxygens (including phenoxy) is 2. The summed E-state index contributed by atoms with van der Waals surface area (Å²) in [7, 11) is 0. The van der Waals surface area contributed by atoms with Crippen molar-refractivity contribution in [3.05, 3.63) is 103 Å². The molecule has 3 aromatic rings. The first-order valence-electron chi connectivity index (χ1n) is 9.04. The molecule has 1 aliphatic rings. The minimum absolute atomic E-state index is 0.0635. The van der Waals surface area contributed by atoms with Gasteiger partial charge in [-0.05, 0) is 79.9 Å². The molecule has 8 heteroatoms. The van der Waals surface area contributed by atoms with Crippen LogP contribution in [0.4, 0.5) is 4.39 Å². The number of aliphatic imine (C=N–C) groups is 1. The molecule has 0 saturated heterocycles. The number of halogens is 4. The highest BCUT2D eigenvalue weighted by molar-refractivity contribution is 9.11. The van der Waals surface area contributed by atoms with Gasteiger partial charge in [0.1, 0.15) is 18.2 Å². The predicted octanol–water partition coefficient (Wildman–Crippen LogP) is 6.93. The van der Waals surface area contributed by atoms with Gasteiger partial charge in [0, 0.05) is 16.1 Å². The van der Waals surface area contributed by atoms with Crippen LogP contribution in [0.2, 0.25) is 5.02 Å². The monoisotopic (exact) mass is 563 g/mol. The zero-order valence-electron chi connectivity index (χ0n) is 15.7. The van der Waals surface area contributed by atoms with Crippen molar-refractivity contribution >= 4 is 61.4 Å². The lowest BCUT2D eigenvalue weighted by Crippen LogP contribution is -2.05. The Hall–Kier alpha value is -2.48. The number of cyclic esters (lactones) is 1. The van der Waals surface area contributed by atoms with E-state index in [0.717, 1.165) is 5.56 Å². The second kappa shape index (κ2) is 9.34. The molecule has 4 rings (SSSR count). The molecule has 0 fully saturated rings. The van der Waals surface area contributed by atoms with Crippen LogP contribution in [0.15, 0.2) is 80.3 Å². The summed E-state index contributed by atoms with van der Waals surface area (Å²) in [5.41, 5.74) is 2.06. The predicted molar refractivity (Wildman–Crippen MR) is 125 cm³/mol. The molecule has 31 heavy (non-hydrogen) atoms. The molecular weight excluding hydrogens is 553 g/mol. The second-order valence-corrected chi connectivity index (χ2v) is 8.66. The maximum absolute atomic E-state index is 13.4. The number of hydrogen-bond donors (Lipinski definition) is 0. The van der Waals surface area contributed by atoms with Crippen LogP contribution in [-0.2, 0) is 16.1 Å². The van der Waals surface area contributed by atoms with Gasteiger partial charge in [-0.2, -0.15) is 0 Å². The molecule has 156 valence electrons. The fraction of sp³-hybridized carbons (Fsp3) is 0.0435. The molecule has 0 N–H and O–H groups in total. The molecule has 0 atom stereocenters. The summed E-state index contributed by atoms with van der Waals surface area (Å²) in [5, 5.41) is 0.628. The lowest BCUT2D eigenvalue weighted by atomic mass is 10.2. The van der Waals surface area contributed by atoms with E-state index < -0.39 is 11.8 Å². The third-order valence-electron chi connectivity index (χ3n) is 4.35. The molecule has 0 unspecified atom stereocenters. The van der Waals surface area contributed by atoms with Gasteiger partial charge in [0.25, 0.3) is 0 Å². The Balaban J connectivity index is 1.57. The van der Waals surface area contributed by atoms with Crippen molar-refractivity contribution in [2.24, 2.45) is 4.99 Å². The SMILES string of the molecule is O=C1OC(c2cccc(F)c2)=N/C1=C\c1cc(Br)c(OCc2ccccc2Cl)c(Br)c1. The Labute approximate surface area is 199 Å². The third kappa shape index (κ3) is 5.06. The van der Waals surface area contributed by atoms with Gasteiger partial charge in [0.15, 0.2) is 5.70 Å². The first-order valence-corrected chi connectivity index (χ1v) is 11.0. The zero-order chi connectivity index (χ0) is 22.0. The number of carbonyl (C=O) groups is 1. The van der Waals surface area contributed by atoms with Crippen LogP contribution >= 0.6 is 43.5 Å². The van der Waals surface area contributed by atoms with E-state index in [-0.39, 0.29) is 11.6 Å². The van der Waals surface area contributed by atoms with Crippen LogP contribution in [0, 0.1) is 5.82 Å². The molecule has 3 aromatic carbocycles. The number of hydrogen-bond acceptors (Lipinski definition) is 4. The molecule has 4 nitrogen and oxygen atoms in total. The van der Waals surface area contributed by atoms with Gasteiger partial charge in [0.2, 0.25) is 5.90 Å². The maximum atomic E-state index is 13.4. The quantitative estimate of drug-likeness (QED) is 0.249. The Morgan fingerprint density at radius 1 is 1.06 bits per heavy atom. The minimum Gasteiger partial charge on any atom is -0.486 e. The fourth-order valence-corrected chi connectivity index (χ4v) is 4.52. The second-order valence-electron chi connectivity index (χ2n) is 6.54. The van der Waals surface area contributed by atoms with Crippen molar-refractivity contribution < 1.29 is 18.7 Å². The van der Waals surface area contributed by atoms with E-state index in [4.69, 9.17) is 21.1 Å². The number of benzene rings is 3. The highest BCUT2D eigenvalue weighted by atomic mass is 79.9. The van der Waals surface area contributed by atoms with Gasteiger partial charge >= 0.3 is 5.97 Å². The molecule has 1 aliphatic heterocycles. The summed E-state index contributed by atoms with van der Waals surface area (Å²) < 4.78 is 25.9. The smallest absolute Gasteiger partial charge is 0.363 e. The van der Waals surface area contributed by atoms with Crippen molar-refractivity contribution in [2.45, 2.75) is 6.61 Å². The van der Waals surface area contributed by atoms with Crippen LogP contribution in [0.5, 0.6) is 5.75 Å². The number of nitrogens with zero attached hydrogens (tertiary/aromatic N) is 1. The summed E-state index contributed by atoms with van der Waals surface area (Å²) in [6.07, 6.45) is 1.59. The molecule has 0 spiro atoms. The van der Waals surface area contributed by atoms with Gasteiger partial charge in [-0.3, -0.25) is 0 Å². The van der Waals surface area contributed by atoms with Crippen LogP contribution in [0.1, 0.15) is 16.7 Å². The summed E-state index contributed by atoms with van der Waals surface area (Å²) >= 11 is 13.2. The van der Waals surface area contributed by atoms with E-state index in [9.17, 15) is 9.18 Å². The van der Waals surface area contributed by atoms with Crippen LogP contribution in [0.3, 0.4) is 0 Å².